The summed E-state index contributed by atoms with van der Waals surface area (Å²) in [6, 6.07) is 5.68. The van der Waals surface area contributed by atoms with Crippen molar-refractivity contribution in [3.05, 3.63) is 37.7 Å². The summed E-state index contributed by atoms with van der Waals surface area (Å²) in [6.45, 7) is 1.95. The molecule has 0 spiro atoms. The van der Waals surface area contributed by atoms with Gasteiger partial charge in [0.05, 0.1) is 5.69 Å². The molecule has 17 heavy (non-hydrogen) atoms. The lowest BCUT2D eigenvalue weighted by Crippen LogP contribution is -2.12. The molecule has 0 radical (unpaired) electrons. The van der Waals surface area contributed by atoms with Crippen molar-refractivity contribution in [1.82, 2.24) is 10.2 Å². The van der Waals surface area contributed by atoms with Gasteiger partial charge >= 0.3 is 0 Å². The van der Waals surface area contributed by atoms with Crippen molar-refractivity contribution >= 4 is 50.5 Å². The molecule has 0 saturated heterocycles. The Balaban J connectivity index is 2.21. The summed E-state index contributed by atoms with van der Waals surface area (Å²) in [4.78, 5) is 11.8. The number of halogens is 2. The van der Waals surface area contributed by atoms with Crippen LogP contribution in [0.5, 0.6) is 0 Å². The number of hydrogen-bond acceptors (Lipinski definition) is 4. The van der Waals surface area contributed by atoms with Crippen molar-refractivity contribution in [3.63, 3.8) is 0 Å². The largest absolute Gasteiger partial charge is 0.319 e. The molecule has 0 aliphatic rings. The Kier molecular flexibility index (Phi) is 3.76. The number of carbonyl (C=O) groups is 1. The Morgan fingerprint density at radius 2 is 2.24 bits per heavy atom. The maximum absolute atomic E-state index is 11.8. The first kappa shape index (κ1) is 12.5. The lowest BCUT2D eigenvalue weighted by Gasteiger charge is -2.06. The zero-order valence-corrected chi connectivity index (χ0v) is 11.9. The molecule has 2 rings (SSSR count). The lowest BCUT2D eigenvalue weighted by atomic mass is 10.2. The second-order valence-corrected chi connectivity index (χ2v) is 5.71. The van der Waals surface area contributed by atoms with Crippen LogP contribution in [-0.4, -0.2) is 16.1 Å². The van der Waals surface area contributed by atoms with Gasteiger partial charge in [0, 0.05) is 4.47 Å². The van der Waals surface area contributed by atoms with E-state index in [1.54, 1.807) is 0 Å². The van der Waals surface area contributed by atoms with Crippen LogP contribution in [0, 0.1) is 6.92 Å². The van der Waals surface area contributed by atoms with Gasteiger partial charge in [-0.2, -0.15) is 0 Å². The minimum Gasteiger partial charge on any atom is -0.319 e. The van der Waals surface area contributed by atoms with E-state index >= 15 is 0 Å². The molecule has 0 fully saturated rings. The third-order valence-electron chi connectivity index (χ3n) is 1.96. The van der Waals surface area contributed by atoms with Gasteiger partial charge in [-0.3, -0.25) is 4.79 Å². The van der Waals surface area contributed by atoms with Gasteiger partial charge in [0.2, 0.25) is 9.47 Å². The number of nitrogens with zero attached hydrogens (tertiary/aromatic N) is 2. The molecule has 0 unspecified atom stereocenters. The molecule has 88 valence electrons. The number of rotatable bonds is 2. The smallest absolute Gasteiger partial charge is 0.286 e. The number of carbonyl (C=O) groups excluding carboxylic acids is 1. The fraction of sp³-hybridized carbons (Fsp3) is 0.100. The van der Waals surface area contributed by atoms with E-state index in [4.69, 9.17) is 11.6 Å². The summed E-state index contributed by atoms with van der Waals surface area (Å²) in [7, 11) is 0. The van der Waals surface area contributed by atoms with Crippen molar-refractivity contribution < 1.29 is 4.79 Å². The Hall–Kier alpha value is -0.980. The van der Waals surface area contributed by atoms with E-state index in [0.29, 0.717) is 5.69 Å². The molecule has 1 aromatic carbocycles. The molecule has 1 N–H and O–H groups in total. The minimum atomic E-state index is -0.319. The van der Waals surface area contributed by atoms with Gasteiger partial charge in [-0.05, 0) is 52.2 Å². The highest BCUT2D eigenvalue weighted by atomic mass is 79.9. The van der Waals surface area contributed by atoms with Crippen LogP contribution in [0.1, 0.15) is 15.4 Å². The summed E-state index contributed by atoms with van der Waals surface area (Å²) in [5, 5.41) is 10.2. The fourth-order valence-electron chi connectivity index (χ4n) is 1.21. The van der Waals surface area contributed by atoms with E-state index in [1.807, 2.05) is 25.1 Å². The molecule has 0 saturated carbocycles. The molecule has 0 bridgehead atoms. The first-order valence-electron chi connectivity index (χ1n) is 4.63. The van der Waals surface area contributed by atoms with Crippen molar-refractivity contribution in [3.8, 4) is 0 Å². The molecule has 0 aliphatic heterocycles. The van der Waals surface area contributed by atoms with E-state index in [0.717, 1.165) is 21.4 Å². The van der Waals surface area contributed by atoms with Crippen LogP contribution in [0.3, 0.4) is 0 Å². The lowest BCUT2D eigenvalue weighted by molar-refractivity contribution is 0.102. The van der Waals surface area contributed by atoms with Gasteiger partial charge < -0.3 is 5.32 Å². The summed E-state index contributed by atoms with van der Waals surface area (Å²) >= 11 is 10.0. The number of benzene rings is 1. The topological polar surface area (TPSA) is 54.9 Å². The van der Waals surface area contributed by atoms with E-state index < -0.39 is 0 Å². The standard InChI is InChI=1S/C10H7BrClN3OS/c1-5-2-3-6(11)7(4-5)13-8(16)9-14-15-10(12)17-9/h2-4H,1H3,(H,13,16). The predicted octanol–water partition coefficient (Wildman–Crippen LogP) is 3.51. The van der Waals surface area contributed by atoms with Crippen LogP contribution in [0.15, 0.2) is 22.7 Å². The molecular formula is C10H7BrClN3OS. The van der Waals surface area contributed by atoms with Gasteiger partial charge in [0.25, 0.3) is 5.91 Å². The van der Waals surface area contributed by atoms with E-state index in [-0.39, 0.29) is 15.4 Å². The summed E-state index contributed by atoms with van der Waals surface area (Å²) in [5.74, 6) is -0.319. The van der Waals surface area contributed by atoms with Gasteiger partial charge in [0.1, 0.15) is 0 Å². The number of nitrogens with one attached hydrogen (secondary N) is 1. The highest BCUT2D eigenvalue weighted by Crippen LogP contribution is 2.24. The second kappa shape index (κ2) is 5.12. The number of aryl methyl sites for hydroxylation is 1. The monoisotopic (exact) mass is 331 g/mol. The van der Waals surface area contributed by atoms with Crippen LogP contribution in [-0.2, 0) is 0 Å². The quantitative estimate of drug-likeness (QED) is 0.915. The Morgan fingerprint density at radius 1 is 1.47 bits per heavy atom. The normalized spacial score (nSPS) is 10.3. The predicted molar refractivity (Wildman–Crippen MR) is 71.8 cm³/mol. The maximum atomic E-state index is 11.8. The number of amides is 1. The first-order chi connectivity index (χ1) is 8.06. The van der Waals surface area contributed by atoms with E-state index in [1.165, 1.54) is 0 Å². The van der Waals surface area contributed by atoms with Crippen LogP contribution < -0.4 is 5.32 Å². The van der Waals surface area contributed by atoms with Gasteiger partial charge in [-0.15, -0.1) is 10.2 Å². The van der Waals surface area contributed by atoms with Crippen molar-refractivity contribution in [1.29, 1.82) is 0 Å². The molecule has 1 heterocycles. The zero-order valence-electron chi connectivity index (χ0n) is 8.70. The van der Waals surface area contributed by atoms with Crippen molar-refractivity contribution in [2.45, 2.75) is 6.92 Å². The van der Waals surface area contributed by atoms with Crippen LogP contribution in [0.4, 0.5) is 5.69 Å². The van der Waals surface area contributed by atoms with Crippen LogP contribution in [0.25, 0.3) is 0 Å². The second-order valence-electron chi connectivity index (χ2n) is 3.30. The molecule has 1 amide bonds. The molecule has 7 heteroatoms. The molecule has 2 aromatic rings. The third kappa shape index (κ3) is 3.02. The number of aromatic nitrogens is 2. The van der Waals surface area contributed by atoms with E-state index in [2.05, 4.69) is 31.4 Å². The highest BCUT2D eigenvalue weighted by molar-refractivity contribution is 9.10. The summed E-state index contributed by atoms with van der Waals surface area (Å²) in [6.07, 6.45) is 0. The highest BCUT2D eigenvalue weighted by Gasteiger charge is 2.13. The van der Waals surface area contributed by atoms with Crippen LogP contribution >= 0.6 is 38.9 Å². The molecule has 0 aliphatic carbocycles. The Labute approximate surface area is 115 Å². The number of hydrogen-bond donors (Lipinski definition) is 1. The minimum absolute atomic E-state index is 0.239. The Morgan fingerprint density at radius 3 is 2.88 bits per heavy atom. The molecule has 1 aromatic heterocycles. The van der Waals surface area contributed by atoms with Gasteiger partial charge in [-0.25, -0.2) is 0 Å². The zero-order chi connectivity index (χ0) is 12.4. The Bertz CT molecular complexity index is 572. The third-order valence-corrected chi connectivity index (χ3v) is 3.67. The van der Waals surface area contributed by atoms with E-state index in [9.17, 15) is 4.79 Å². The first-order valence-corrected chi connectivity index (χ1v) is 6.61. The summed E-state index contributed by atoms with van der Waals surface area (Å²) < 4.78 is 1.06. The average Bonchev–Trinajstić information content (AvgIpc) is 2.70. The molecule has 0 atom stereocenters. The van der Waals surface area contributed by atoms with Crippen molar-refractivity contribution in [2.24, 2.45) is 0 Å². The maximum Gasteiger partial charge on any atom is 0.286 e. The molecule has 4 nitrogen and oxygen atoms in total. The van der Waals surface area contributed by atoms with Gasteiger partial charge in [0.15, 0.2) is 0 Å². The van der Waals surface area contributed by atoms with Gasteiger partial charge in [-0.1, -0.05) is 17.4 Å². The number of anilines is 1. The summed E-state index contributed by atoms with van der Waals surface area (Å²) in [5.41, 5.74) is 1.75. The average molecular weight is 333 g/mol. The van der Waals surface area contributed by atoms with Crippen LogP contribution in [0.2, 0.25) is 4.47 Å². The molecular weight excluding hydrogens is 326 g/mol. The fourth-order valence-corrected chi connectivity index (χ4v) is 2.28. The van der Waals surface area contributed by atoms with Crippen molar-refractivity contribution in [2.75, 3.05) is 5.32 Å². The SMILES string of the molecule is Cc1ccc(Br)c(NC(=O)c2nnc(Cl)s2)c1.